The van der Waals surface area contributed by atoms with Gasteiger partial charge < -0.3 is 10.8 Å². The third kappa shape index (κ3) is 2.79. The van der Waals surface area contributed by atoms with Gasteiger partial charge in [-0.3, -0.25) is 0 Å². The summed E-state index contributed by atoms with van der Waals surface area (Å²) in [5.41, 5.74) is 6.57. The van der Waals surface area contributed by atoms with Gasteiger partial charge in [0.25, 0.3) is 0 Å². The maximum Gasteiger partial charge on any atom is 0.123 e. The summed E-state index contributed by atoms with van der Waals surface area (Å²) in [7, 11) is 0. The van der Waals surface area contributed by atoms with Gasteiger partial charge in [-0.25, -0.2) is 4.39 Å². The smallest absolute Gasteiger partial charge is 0.123 e. The summed E-state index contributed by atoms with van der Waals surface area (Å²) in [6.45, 7) is 1.99. The molecule has 2 atom stereocenters. The normalized spacial score (nSPS) is 15.1. The second-order valence-corrected chi connectivity index (χ2v) is 3.43. The van der Waals surface area contributed by atoms with Crippen molar-refractivity contribution >= 4 is 0 Å². The van der Waals surface area contributed by atoms with Gasteiger partial charge in [0.05, 0.1) is 12.1 Å². The van der Waals surface area contributed by atoms with Crippen LogP contribution in [0.4, 0.5) is 4.39 Å². The van der Waals surface area contributed by atoms with Gasteiger partial charge in [0, 0.05) is 0 Å². The molecule has 0 bridgehead atoms. The number of hydrogen-bond donors (Lipinski definition) is 2. The predicted molar refractivity (Wildman–Crippen MR) is 54.2 cm³/mol. The van der Waals surface area contributed by atoms with E-state index in [-0.39, 0.29) is 5.82 Å². The molecule has 0 aliphatic rings. The van der Waals surface area contributed by atoms with E-state index in [1.165, 1.54) is 12.1 Å². The van der Waals surface area contributed by atoms with Crippen molar-refractivity contribution in [1.29, 1.82) is 0 Å². The summed E-state index contributed by atoms with van der Waals surface area (Å²) in [5.74, 6) is -0.286. The van der Waals surface area contributed by atoms with E-state index < -0.39 is 12.1 Å². The highest BCUT2D eigenvalue weighted by Crippen LogP contribution is 2.17. The average molecular weight is 197 g/mol. The lowest BCUT2D eigenvalue weighted by molar-refractivity contribution is 0.134. The molecule has 14 heavy (non-hydrogen) atoms. The quantitative estimate of drug-likeness (QED) is 0.775. The molecule has 1 aromatic rings. The van der Waals surface area contributed by atoms with E-state index in [4.69, 9.17) is 5.73 Å². The lowest BCUT2D eigenvalue weighted by atomic mass is 9.99. The molecule has 0 amide bonds. The predicted octanol–water partition coefficient (Wildman–Crippen LogP) is 1.99. The first-order chi connectivity index (χ1) is 6.65. The zero-order valence-corrected chi connectivity index (χ0v) is 8.28. The summed E-state index contributed by atoms with van der Waals surface area (Å²) < 4.78 is 12.6. The van der Waals surface area contributed by atoms with Gasteiger partial charge >= 0.3 is 0 Å². The highest BCUT2D eigenvalue weighted by molar-refractivity contribution is 5.20. The van der Waals surface area contributed by atoms with Crippen molar-refractivity contribution in [2.75, 3.05) is 0 Å². The summed E-state index contributed by atoms with van der Waals surface area (Å²) >= 11 is 0. The van der Waals surface area contributed by atoms with Gasteiger partial charge in [0.1, 0.15) is 5.82 Å². The fourth-order valence-corrected chi connectivity index (χ4v) is 1.38. The molecule has 0 radical (unpaired) electrons. The van der Waals surface area contributed by atoms with Crippen LogP contribution in [-0.4, -0.2) is 11.2 Å². The van der Waals surface area contributed by atoms with E-state index in [2.05, 4.69) is 0 Å². The first-order valence-corrected chi connectivity index (χ1v) is 4.84. The van der Waals surface area contributed by atoms with Gasteiger partial charge in [-0.15, -0.1) is 0 Å². The molecule has 1 aromatic carbocycles. The van der Waals surface area contributed by atoms with Crippen molar-refractivity contribution in [1.82, 2.24) is 0 Å². The number of aliphatic hydroxyl groups excluding tert-OH is 1. The number of nitrogens with two attached hydrogens (primary N) is 1. The van der Waals surface area contributed by atoms with E-state index in [9.17, 15) is 9.50 Å². The van der Waals surface area contributed by atoms with Crippen LogP contribution in [0, 0.1) is 5.82 Å². The molecule has 3 heteroatoms. The summed E-state index contributed by atoms with van der Waals surface area (Å²) in [6, 6.07) is 5.51. The van der Waals surface area contributed by atoms with Crippen LogP contribution in [0.3, 0.4) is 0 Å². The molecule has 0 spiro atoms. The lowest BCUT2D eigenvalue weighted by Gasteiger charge is -2.18. The summed E-state index contributed by atoms with van der Waals surface area (Å²) in [4.78, 5) is 0. The maximum absolute atomic E-state index is 12.6. The number of hydrogen-bond acceptors (Lipinski definition) is 2. The average Bonchev–Trinajstić information content (AvgIpc) is 2.18. The van der Waals surface area contributed by atoms with Crippen LogP contribution in [0.15, 0.2) is 24.3 Å². The van der Waals surface area contributed by atoms with Crippen LogP contribution < -0.4 is 5.73 Å². The van der Waals surface area contributed by atoms with E-state index in [0.717, 1.165) is 12.0 Å². The number of aliphatic hydroxyl groups is 1. The van der Waals surface area contributed by atoms with Crippen LogP contribution in [0.5, 0.6) is 0 Å². The second-order valence-electron chi connectivity index (χ2n) is 3.43. The SMILES string of the molecule is CCC[C@H](O)[C@H](N)c1ccc(F)cc1. The van der Waals surface area contributed by atoms with Crippen molar-refractivity contribution < 1.29 is 9.50 Å². The Bertz CT molecular complexity index is 273. The molecular formula is C11H16FNO. The van der Waals surface area contributed by atoms with Crippen LogP contribution in [0.25, 0.3) is 0 Å². The van der Waals surface area contributed by atoms with Gasteiger partial charge in [-0.2, -0.15) is 0 Å². The molecule has 0 saturated heterocycles. The molecule has 0 fully saturated rings. The molecule has 0 heterocycles. The van der Waals surface area contributed by atoms with E-state index >= 15 is 0 Å². The molecule has 0 unspecified atom stereocenters. The number of halogens is 1. The van der Waals surface area contributed by atoms with Gasteiger partial charge in [0.15, 0.2) is 0 Å². The molecule has 0 aliphatic carbocycles. The lowest BCUT2D eigenvalue weighted by Crippen LogP contribution is -2.25. The molecular weight excluding hydrogens is 181 g/mol. The fraction of sp³-hybridized carbons (Fsp3) is 0.455. The largest absolute Gasteiger partial charge is 0.391 e. The number of rotatable bonds is 4. The molecule has 0 aliphatic heterocycles. The third-order valence-electron chi connectivity index (χ3n) is 2.25. The zero-order chi connectivity index (χ0) is 10.6. The van der Waals surface area contributed by atoms with Crippen molar-refractivity contribution in [3.05, 3.63) is 35.6 Å². The van der Waals surface area contributed by atoms with Gasteiger partial charge in [0.2, 0.25) is 0 Å². The highest BCUT2D eigenvalue weighted by atomic mass is 19.1. The Morgan fingerprint density at radius 2 is 1.93 bits per heavy atom. The van der Waals surface area contributed by atoms with Crippen LogP contribution in [-0.2, 0) is 0 Å². The van der Waals surface area contributed by atoms with Crippen LogP contribution in [0.2, 0.25) is 0 Å². The van der Waals surface area contributed by atoms with Crippen LogP contribution in [0.1, 0.15) is 31.4 Å². The Morgan fingerprint density at radius 3 is 2.43 bits per heavy atom. The zero-order valence-electron chi connectivity index (χ0n) is 8.28. The van der Waals surface area contributed by atoms with E-state index in [1.54, 1.807) is 12.1 Å². The molecule has 0 aromatic heterocycles. The first kappa shape index (κ1) is 11.1. The Labute approximate surface area is 83.6 Å². The fourth-order valence-electron chi connectivity index (χ4n) is 1.38. The minimum absolute atomic E-state index is 0.286. The molecule has 3 N–H and O–H groups in total. The van der Waals surface area contributed by atoms with E-state index in [0.29, 0.717) is 6.42 Å². The molecule has 2 nitrogen and oxygen atoms in total. The summed E-state index contributed by atoms with van der Waals surface area (Å²) in [5, 5.41) is 9.62. The van der Waals surface area contributed by atoms with E-state index in [1.807, 2.05) is 6.92 Å². The Morgan fingerprint density at radius 1 is 1.36 bits per heavy atom. The first-order valence-electron chi connectivity index (χ1n) is 4.84. The summed E-state index contributed by atoms with van der Waals surface area (Å²) in [6.07, 6.45) is 1.000. The third-order valence-corrected chi connectivity index (χ3v) is 2.25. The minimum atomic E-state index is -0.550. The molecule has 1 rings (SSSR count). The monoisotopic (exact) mass is 197 g/mol. The molecule has 0 saturated carbocycles. The second kappa shape index (κ2) is 5.08. The Kier molecular flexibility index (Phi) is 4.04. The van der Waals surface area contributed by atoms with Crippen LogP contribution >= 0.6 is 0 Å². The standard InChI is InChI=1S/C11H16FNO/c1-2-3-10(14)11(13)8-4-6-9(12)7-5-8/h4-7,10-11,14H,2-3,13H2,1H3/t10-,11+/m0/s1. The number of benzene rings is 1. The Balaban J connectivity index is 2.68. The van der Waals surface area contributed by atoms with Crippen molar-refractivity contribution in [2.24, 2.45) is 5.73 Å². The molecule has 78 valence electrons. The van der Waals surface area contributed by atoms with Gasteiger partial charge in [-0.1, -0.05) is 25.5 Å². The topological polar surface area (TPSA) is 46.2 Å². The highest BCUT2D eigenvalue weighted by Gasteiger charge is 2.15. The van der Waals surface area contributed by atoms with Crippen molar-refractivity contribution in [3.63, 3.8) is 0 Å². The van der Waals surface area contributed by atoms with Gasteiger partial charge in [-0.05, 0) is 24.1 Å². The maximum atomic E-state index is 12.6. The Hall–Kier alpha value is -0.930. The minimum Gasteiger partial charge on any atom is -0.391 e. The van der Waals surface area contributed by atoms with Crippen molar-refractivity contribution in [2.45, 2.75) is 31.9 Å². The van der Waals surface area contributed by atoms with Crippen molar-refractivity contribution in [3.8, 4) is 0 Å².